The van der Waals surface area contributed by atoms with Crippen LogP contribution in [0.25, 0.3) is 0 Å². The smallest absolute Gasteiger partial charge is 0.347 e. The van der Waals surface area contributed by atoms with E-state index in [2.05, 4.69) is 15.8 Å². The Hall–Kier alpha value is -3.10. The van der Waals surface area contributed by atoms with Gasteiger partial charge in [0.05, 0.1) is 13.3 Å². The van der Waals surface area contributed by atoms with Gasteiger partial charge in [-0.2, -0.15) is 0 Å². The highest BCUT2D eigenvalue weighted by atomic mass is 16.7. The van der Waals surface area contributed by atoms with Gasteiger partial charge in [0.2, 0.25) is 6.61 Å². The number of methoxy groups -OCH3 is 1. The minimum atomic E-state index is -1.13. The zero-order valence-corrected chi connectivity index (χ0v) is 16.7. The number of carbonyl (C=O) groups is 3. The summed E-state index contributed by atoms with van der Waals surface area (Å²) in [6.07, 6.45) is 5.40. The van der Waals surface area contributed by atoms with Crippen molar-refractivity contribution in [1.29, 1.82) is 0 Å². The lowest BCUT2D eigenvalue weighted by molar-refractivity contribution is -0.158. The summed E-state index contributed by atoms with van der Waals surface area (Å²) >= 11 is 0. The number of ether oxygens (including phenoxy) is 2. The predicted molar refractivity (Wildman–Crippen MR) is 106 cm³/mol. The summed E-state index contributed by atoms with van der Waals surface area (Å²) in [6, 6.07) is 6.57. The normalized spacial score (nSPS) is 15.4. The first-order chi connectivity index (χ1) is 14.0. The van der Waals surface area contributed by atoms with Crippen molar-refractivity contribution in [2.45, 2.75) is 51.2 Å². The highest BCUT2D eigenvalue weighted by molar-refractivity contribution is 5.97. The summed E-state index contributed by atoms with van der Waals surface area (Å²) in [5.41, 5.74) is 0.760. The van der Waals surface area contributed by atoms with Crippen LogP contribution < -0.4 is 15.4 Å². The third-order valence-corrected chi connectivity index (χ3v) is 4.43. The molecule has 1 aliphatic rings. The van der Waals surface area contributed by atoms with Gasteiger partial charge >= 0.3 is 12.0 Å². The van der Waals surface area contributed by atoms with Gasteiger partial charge in [0.15, 0.2) is 6.10 Å². The molecule has 1 aliphatic carbocycles. The number of esters is 1. The number of hydrogen-bond donors (Lipinski definition) is 2. The Labute approximate surface area is 169 Å². The Morgan fingerprint density at radius 3 is 2.52 bits per heavy atom. The second-order valence-electron chi connectivity index (χ2n) is 6.71. The maximum absolute atomic E-state index is 12.0. The largest absolute Gasteiger partial charge is 0.497 e. The second-order valence-corrected chi connectivity index (χ2v) is 6.71. The van der Waals surface area contributed by atoms with E-state index in [9.17, 15) is 14.4 Å². The number of nitrogens with zero attached hydrogens (tertiary/aromatic N) is 1. The fourth-order valence-electron chi connectivity index (χ4n) is 2.84. The van der Waals surface area contributed by atoms with Crippen molar-refractivity contribution in [3.05, 3.63) is 29.8 Å². The number of nitrogens with one attached hydrogen (secondary N) is 2. The van der Waals surface area contributed by atoms with E-state index in [1.165, 1.54) is 13.1 Å². The summed E-state index contributed by atoms with van der Waals surface area (Å²) < 4.78 is 9.99. The van der Waals surface area contributed by atoms with Crippen molar-refractivity contribution in [1.82, 2.24) is 10.6 Å². The molecule has 9 heteroatoms. The number of hydrogen-bond acceptors (Lipinski definition) is 7. The molecule has 0 heterocycles. The third kappa shape index (κ3) is 8.20. The van der Waals surface area contributed by atoms with Gasteiger partial charge in [-0.15, -0.1) is 0 Å². The Morgan fingerprint density at radius 1 is 1.17 bits per heavy atom. The average Bonchev–Trinajstić information content (AvgIpc) is 2.72. The van der Waals surface area contributed by atoms with Crippen LogP contribution in [0.2, 0.25) is 0 Å². The zero-order valence-electron chi connectivity index (χ0n) is 16.7. The van der Waals surface area contributed by atoms with Crippen molar-refractivity contribution in [3.63, 3.8) is 0 Å². The number of urea groups is 1. The highest BCUT2D eigenvalue weighted by Crippen LogP contribution is 2.17. The minimum absolute atomic E-state index is 0.0753. The molecular formula is C20H27N3O6. The van der Waals surface area contributed by atoms with E-state index in [1.807, 2.05) is 0 Å². The monoisotopic (exact) mass is 405 g/mol. The third-order valence-electron chi connectivity index (χ3n) is 4.43. The van der Waals surface area contributed by atoms with Gasteiger partial charge in [0.25, 0.3) is 5.91 Å². The van der Waals surface area contributed by atoms with E-state index >= 15 is 0 Å². The van der Waals surface area contributed by atoms with E-state index in [0.29, 0.717) is 5.75 Å². The molecule has 1 atom stereocenters. The predicted octanol–water partition coefficient (Wildman–Crippen LogP) is 2.14. The summed E-state index contributed by atoms with van der Waals surface area (Å²) in [5, 5.41) is 8.61. The van der Waals surface area contributed by atoms with E-state index in [1.54, 1.807) is 31.4 Å². The Bertz CT molecular complexity index is 713. The van der Waals surface area contributed by atoms with Crippen LogP contribution in [0.5, 0.6) is 5.75 Å². The number of benzene rings is 1. The standard InChI is InChI=1S/C20H27N3O6/c1-14(19(25)23-20(26)22-16-6-4-3-5-7-16)29-18(24)13-28-21-12-15-8-10-17(27-2)11-9-15/h8-12,14,16H,3-7,13H2,1-2H3,(H2,22,23,25,26)/b21-12-/t14-/m1/s1. The quantitative estimate of drug-likeness (QED) is 0.389. The van der Waals surface area contributed by atoms with Gasteiger partial charge in [-0.05, 0) is 49.6 Å². The Kier molecular flexibility index (Phi) is 8.94. The Balaban J connectivity index is 1.65. The van der Waals surface area contributed by atoms with E-state index in [0.717, 1.165) is 37.7 Å². The molecular weight excluding hydrogens is 378 g/mol. The number of rotatable bonds is 8. The second kappa shape index (κ2) is 11.7. The molecule has 3 amide bonds. The summed E-state index contributed by atoms with van der Waals surface area (Å²) in [7, 11) is 1.57. The van der Waals surface area contributed by atoms with Gasteiger partial charge in [-0.1, -0.05) is 24.4 Å². The Morgan fingerprint density at radius 2 is 1.86 bits per heavy atom. The number of amides is 3. The maximum Gasteiger partial charge on any atom is 0.347 e. The lowest BCUT2D eigenvalue weighted by Crippen LogP contribution is -2.48. The van der Waals surface area contributed by atoms with Crippen molar-refractivity contribution < 1.29 is 28.7 Å². The lowest BCUT2D eigenvalue weighted by Gasteiger charge is -2.23. The van der Waals surface area contributed by atoms with Gasteiger partial charge < -0.3 is 19.6 Å². The summed E-state index contributed by atoms with van der Waals surface area (Å²) in [4.78, 5) is 40.4. The molecule has 158 valence electrons. The highest BCUT2D eigenvalue weighted by Gasteiger charge is 2.22. The molecule has 1 fully saturated rings. The summed E-state index contributed by atoms with van der Waals surface area (Å²) in [6.45, 7) is 0.917. The van der Waals surface area contributed by atoms with Crippen molar-refractivity contribution in [3.8, 4) is 5.75 Å². The van der Waals surface area contributed by atoms with E-state index < -0.39 is 30.6 Å². The van der Waals surface area contributed by atoms with Gasteiger partial charge in [-0.25, -0.2) is 9.59 Å². The molecule has 0 bridgehead atoms. The first-order valence-corrected chi connectivity index (χ1v) is 9.58. The fraction of sp³-hybridized carbons (Fsp3) is 0.500. The molecule has 0 aliphatic heterocycles. The van der Waals surface area contributed by atoms with Gasteiger partial charge in [0, 0.05) is 6.04 Å². The van der Waals surface area contributed by atoms with Crippen molar-refractivity contribution >= 4 is 24.1 Å². The molecule has 0 saturated heterocycles. The zero-order chi connectivity index (χ0) is 21.1. The van der Waals surface area contributed by atoms with Crippen LogP contribution in [0.3, 0.4) is 0 Å². The lowest BCUT2D eigenvalue weighted by atomic mass is 9.96. The molecule has 1 saturated carbocycles. The van der Waals surface area contributed by atoms with Crippen LogP contribution in [0.4, 0.5) is 4.79 Å². The molecule has 0 unspecified atom stereocenters. The van der Waals surface area contributed by atoms with Crippen LogP contribution in [-0.4, -0.2) is 50.0 Å². The number of oxime groups is 1. The fourth-order valence-corrected chi connectivity index (χ4v) is 2.84. The minimum Gasteiger partial charge on any atom is -0.497 e. The molecule has 0 spiro atoms. The summed E-state index contributed by atoms with van der Waals surface area (Å²) in [5.74, 6) is -0.757. The molecule has 1 aromatic rings. The molecule has 2 rings (SSSR count). The van der Waals surface area contributed by atoms with Crippen LogP contribution in [0, 0.1) is 0 Å². The number of imide groups is 1. The van der Waals surface area contributed by atoms with Gasteiger partial charge in [-0.3, -0.25) is 10.1 Å². The molecule has 29 heavy (non-hydrogen) atoms. The van der Waals surface area contributed by atoms with Crippen LogP contribution in [-0.2, 0) is 19.2 Å². The van der Waals surface area contributed by atoms with Crippen molar-refractivity contribution in [2.75, 3.05) is 13.7 Å². The van der Waals surface area contributed by atoms with E-state index in [-0.39, 0.29) is 6.04 Å². The topological polar surface area (TPSA) is 115 Å². The maximum atomic E-state index is 12.0. The molecule has 1 aromatic carbocycles. The first kappa shape index (κ1) is 22.2. The van der Waals surface area contributed by atoms with Crippen LogP contribution in [0.15, 0.2) is 29.4 Å². The molecule has 0 radical (unpaired) electrons. The number of carbonyl (C=O) groups excluding carboxylic acids is 3. The SMILES string of the molecule is COc1ccc(/C=N\OCC(=O)O[C@H](C)C(=O)NC(=O)NC2CCCCC2)cc1. The molecule has 2 N–H and O–H groups in total. The first-order valence-electron chi connectivity index (χ1n) is 9.58. The molecule has 9 nitrogen and oxygen atoms in total. The van der Waals surface area contributed by atoms with Crippen LogP contribution >= 0.6 is 0 Å². The average molecular weight is 405 g/mol. The van der Waals surface area contributed by atoms with Gasteiger partial charge in [0.1, 0.15) is 5.75 Å². The van der Waals surface area contributed by atoms with Crippen molar-refractivity contribution in [2.24, 2.45) is 5.16 Å². The van der Waals surface area contributed by atoms with Crippen LogP contribution in [0.1, 0.15) is 44.6 Å². The molecule has 0 aromatic heterocycles. The van der Waals surface area contributed by atoms with E-state index in [4.69, 9.17) is 14.3 Å².